The molecule has 2 amide bonds. The number of anilines is 1. The Balaban J connectivity index is 1.31. The van der Waals surface area contributed by atoms with Gasteiger partial charge in [-0.25, -0.2) is 9.97 Å². The van der Waals surface area contributed by atoms with Crippen LogP contribution < -0.4 is 15.4 Å². The van der Waals surface area contributed by atoms with Gasteiger partial charge in [-0.05, 0) is 48.0 Å². The maximum Gasteiger partial charge on any atom is 0.251 e. The highest BCUT2D eigenvalue weighted by Gasteiger charge is 2.17. The number of aromatic nitrogens is 3. The number of thioether (sulfide) groups is 1. The average Bonchev–Trinajstić information content (AvgIpc) is 3.39. The molecule has 0 atom stereocenters. The number of carbonyl (C=O) groups is 2. The van der Waals surface area contributed by atoms with Gasteiger partial charge in [0.1, 0.15) is 11.4 Å². The maximum absolute atomic E-state index is 13.0. The fourth-order valence-electron chi connectivity index (χ4n) is 4.51. The molecule has 4 aromatic carbocycles. The Morgan fingerprint density at radius 1 is 0.875 bits per heavy atom. The molecule has 2 N–H and O–H groups in total. The SMILES string of the molecule is COc1cccc(NC(=O)CSc2nc3cc(C(=O)NCc4ccccc4)ccc3c3nc4ccccc4n23)c1. The van der Waals surface area contributed by atoms with E-state index in [9.17, 15) is 9.59 Å². The van der Waals surface area contributed by atoms with Crippen LogP contribution in [0.1, 0.15) is 15.9 Å². The molecule has 198 valence electrons. The van der Waals surface area contributed by atoms with Crippen molar-refractivity contribution < 1.29 is 14.3 Å². The third kappa shape index (κ3) is 5.19. The van der Waals surface area contributed by atoms with Gasteiger partial charge < -0.3 is 15.4 Å². The van der Waals surface area contributed by atoms with Crippen molar-refractivity contribution in [3.63, 3.8) is 0 Å². The molecule has 6 rings (SSSR count). The van der Waals surface area contributed by atoms with Gasteiger partial charge in [-0.15, -0.1) is 0 Å². The van der Waals surface area contributed by atoms with Crippen molar-refractivity contribution in [3.05, 3.63) is 108 Å². The van der Waals surface area contributed by atoms with Gasteiger partial charge in [0.05, 0.1) is 29.4 Å². The lowest BCUT2D eigenvalue weighted by Crippen LogP contribution is -2.22. The Morgan fingerprint density at radius 2 is 1.70 bits per heavy atom. The maximum atomic E-state index is 13.0. The number of hydrogen-bond acceptors (Lipinski definition) is 6. The number of rotatable bonds is 8. The molecular formula is C31H25N5O3S. The summed E-state index contributed by atoms with van der Waals surface area (Å²) in [6, 6.07) is 30.2. The zero-order valence-electron chi connectivity index (χ0n) is 21.6. The topological polar surface area (TPSA) is 97.6 Å². The molecule has 0 radical (unpaired) electrons. The number of para-hydroxylation sites is 2. The minimum absolute atomic E-state index is 0.134. The molecule has 2 aromatic heterocycles. The summed E-state index contributed by atoms with van der Waals surface area (Å²) in [5.74, 6) is 0.436. The van der Waals surface area contributed by atoms with Crippen LogP contribution >= 0.6 is 11.8 Å². The molecule has 0 saturated carbocycles. The van der Waals surface area contributed by atoms with Crippen molar-refractivity contribution in [3.8, 4) is 5.75 Å². The summed E-state index contributed by atoms with van der Waals surface area (Å²) in [4.78, 5) is 35.6. The number of imidazole rings is 1. The number of carbonyl (C=O) groups excluding carboxylic acids is 2. The number of hydrogen-bond donors (Lipinski definition) is 2. The van der Waals surface area contributed by atoms with Gasteiger partial charge >= 0.3 is 0 Å². The predicted molar refractivity (Wildman–Crippen MR) is 158 cm³/mol. The molecule has 0 aliphatic heterocycles. The van der Waals surface area contributed by atoms with Crippen molar-refractivity contribution in [2.75, 3.05) is 18.2 Å². The second-order valence-corrected chi connectivity index (χ2v) is 10.1. The van der Waals surface area contributed by atoms with E-state index in [1.807, 2.05) is 83.3 Å². The first kappa shape index (κ1) is 25.4. The molecule has 0 fully saturated rings. The summed E-state index contributed by atoms with van der Waals surface area (Å²) < 4.78 is 7.21. The van der Waals surface area contributed by atoms with Crippen LogP contribution in [-0.2, 0) is 11.3 Å². The summed E-state index contributed by atoms with van der Waals surface area (Å²) in [6.07, 6.45) is 0. The first-order valence-electron chi connectivity index (χ1n) is 12.7. The standard InChI is InChI=1S/C31H25N5O3S/c1-39-23-11-7-10-22(17-23)33-28(37)19-40-31-35-26-16-21(30(38)32-18-20-8-3-2-4-9-20)14-15-24(26)29-34-25-12-5-6-13-27(25)36(29)31/h2-17H,18-19H2,1H3,(H,32,38)(H,33,37). The summed E-state index contributed by atoms with van der Waals surface area (Å²) in [7, 11) is 1.58. The van der Waals surface area contributed by atoms with Crippen LogP contribution in [0.2, 0.25) is 0 Å². The van der Waals surface area contributed by atoms with E-state index in [1.165, 1.54) is 11.8 Å². The number of methoxy groups -OCH3 is 1. The lowest BCUT2D eigenvalue weighted by atomic mass is 10.1. The Morgan fingerprint density at radius 3 is 2.55 bits per heavy atom. The van der Waals surface area contributed by atoms with Crippen molar-refractivity contribution in [1.82, 2.24) is 19.7 Å². The molecule has 6 aromatic rings. The Hall–Kier alpha value is -4.89. The Labute approximate surface area is 234 Å². The Bertz CT molecular complexity index is 1870. The van der Waals surface area contributed by atoms with Gasteiger partial charge in [-0.1, -0.05) is 60.3 Å². The summed E-state index contributed by atoms with van der Waals surface area (Å²) in [5.41, 5.74) is 5.25. The molecule has 0 bridgehead atoms. The molecule has 2 heterocycles. The fraction of sp³-hybridized carbons (Fsp3) is 0.0968. The monoisotopic (exact) mass is 547 g/mol. The van der Waals surface area contributed by atoms with Crippen molar-refractivity contribution in [1.29, 1.82) is 0 Å². The van der Waals surface area contributed by atoms with Crippen LogP contribution in [0.5, 0.6) is 5.75 Å². The van der Waals surface area contributed by atoms with Crippen LogP contribution in [0.3, 0.4) is 0 Å². The smallest absolute Gasteiger partial charge is 0.251 e. The molecular weight excluding hydrogens is 522 g/mol. The Kier molecular flexibility index (Phi) is 7.03. The first-order chi connectivity index (χ1) is 19.6. The summed E-state index contributed by atoms with van der Waals surface area (Å²) >= 11 is 1.31. The van der Waals surface area contributed by atoms with Crippen molar-refractivity contribution in [2.24, 2.45) is 0 Å². The predicted octanol–water partition coefficient (Wildman–Crippen LogP) is 5.71. The van der Waals surface area contributed by atoms with E-state index < -0.39 is 0 Å². The number of amides is 2. The number of benzene rings is 4. The normalized spacial score (nSPS) is 11.1. The number of nitrogens with one attached hydrogen (secondary N) is 2. The van der Waals surface area contributed by atoms with Gasteiger partial charge in [0, 0.05) is 29.2 Å². The van der Waals surface area contributed by atoms with E-state index in [0.717, 1.165) is 27.6 Å². The van der Waals surface area contributed by atoms with E-state index in [-0.39, 0.29) is 17.6 Å². The lowest BCUT2D eigenvalue weighted by Gasteiger charge is -2.11. The van der Waals surface area contributed by atoms with Gasteiger partial charge in [0.25, 0.3) is 5.91 Å². The minimum Gasteiger partial charge on any atom is -0.497 e. The van der Waals surface area contributed by atoms with E-state index in [0.29, 0.717) is 34.2 Å². The van der Waals surface area contributed by atoms with Crippen LogP contribution in [-0.4, -0.2) is 39.0 Å². The third-order valence-electron chi connectivity index (χ3n) is 6.45. The largest absolute Gasteiger partial charge is 0.497 e. The lowest BCUT2D eigenvalue weighted by molar-refractivity contribution is -0.113. The van der Waals surface area contributed by atoms with Crippen LogP contribution in [0.25, 0.3) is 27.6 Å². The number of ether oxygens (including phenoxy) is 1. The van der Waals surface area contributed by atoms with E-state index >= 15 is 0 Å². The van der Waals surface area contributed by atoms with Gasteiger partial charge in [0.15, 0.2) is 5.16 Å². The molecule has 0 spiro atoms. The first-order valence-corrected chi connectivity index (χ1v) is 13.7. The molecule has 8 nitrogen and oxygen atoms in total. The molecule has 0 aliphatic rings. The zero-order chi connectivity index (χ0) is 27.5. The highest BCUT2D eigenvalue weighted by molar-refractivity contribution is 7.99. The highest BCUT2D eigenvalue weighted by atomic mass is 32.2. The van der Waals surface area contributed by atoms with Crippen molar-refractivity contribution in [2.45, 2.75) is 11.7 Å². The van der Waals surface area contributed by atoms with Crippen LogP contribution in [0.15, 0.2) is 102 Å². The number of fused-ring (bicyclic) bond motifs is 5. The van der Waals surface area contributed by atoms with E-state index in [2.05, 4.69) is 10.6 Å². The molecule has 9 heteroatoms. The second kappa shape index (κ2) is 11.1. The van der Waals surface area contributed by atoms with Crippen LogP contribution in [0.4, 0.5) is 5.69 Å². The van der Waals surface area contributed by atoms with Gasteiger partial charge in [0.2, 0.25) is 5.91 Å². The van der Waals surface area contributed by atoms with Gasteiger partial charge in [-0.2, -0.15) is 0 Å². The second-order valence-electron chi connectivity index (χ2n) is 9.12. The number of nitrogens with zero attached hydrogens (tertiary/aromatic N) is 3. The highest BCUT2D eigenvalue weighted by Crippen LogP contribution is 2.30. The van der Waals surface area contributed by atoms with Crippen LogP contribution in [0, 0.1) is 0 Å². The molecule has 40 heavy (non-hydrogen) atoms. The minimum atomic E-state index is -0.187. The fourth-order valence-corrected chi connectivity index (χ4v) is 5.32. The summed E-state index contributed by atoms with van der Waals surface area (Å²) in [6.45, 7) is 0.430. The summed E-state index contributed by atoms with van der Waals surface area (Å²) in [5, 5.41) is 7.31. The molecule has 0 unspecified atom stereocenters. The quantitative estimate of drug-likeness (QED) is 0.187. The zero-order valence-corrected chi connectivity index (χ0v) is 22.4. The van der Waals surface area contributed by atoms with E-state index in [1.54, 1.807) is 25.3 Å². The molecule has 0 saturated heterocycles. The third-order valence-corrected chi connectivity index (χ3v) is 7.39. The van der Waals surface area contributed by atoms with Crippen molar-refractivity contribution >= 4 is 56.8 Å². The average molecular weight is 548 g/mol. The van der Waals surface area contributed by atoms with Gasteiger partial charge in [-0.3, -0.25) is 14.0 Å². The molecule has 0 aliphatic carbocycles. The van der Waals surface area contributed by atoms with E-state index in [4.69, 9.17) is 14.7 Å².